The van der Waals surface area contributed by atoms with E-state index in [0.29, 0.717) is 38.4 Å². The number of benzene rings is 3. The Bertz CT molecular complexity index is 1510. The first-order valence-corrected chi connectivity index (χ1v) is 16.4. The average Bonchev–Trinajstić information content (AvgIpc) is 3.76. The van der Waals surface area contributed by atoms with E-state index in [0.717, 1.165) is 41.7 Å². The molecule has 2 heterocycles. The fraction of sp³-hybridized carbons (Fsp3) is 0.371. The molecule has 1 aromatic heterocycles. The Hall–Kier alpha value is -3.91. The summed E-state index contributed by atoms with van der Waals surface area (Å²) < 4.78 is 2.15. The maximum atomic E-state index is 13.2. The molecule has 2 amide bonds. The SMILES string of the molecule is CC1CN(C(=O)CCCCSc2nnc(Cc3ccccc3)n2-c2ccccc2)CCN1C(=O)C1CC1c1ccccc1. The van der Waals surface area contributed by atoms with Gasteiger partial charge in [-0.15, -0.1) is 10.2 Å². The highest BCUT2D eigenvalue weighted by atomic mass is 32.2. The van der Waals surface area contributed by atoms with Gasteiger partial charge < -0.3 is 9.80 Å². The molecule has 1 aliphatic carbocycles. The van der Waals surface area contributed by atoms with E-state index in [2.05, 4.69) is 58.1 Å². The minimum Gasteiger partial charge on any atom is -0.339 e. The number of rotatable bonds is 11. The number of para-hydroxylation sites is 1. The van der Waals surface area contributed by atoms with Crippen molar-refractivity contribution < 1.29 is 9.59 Å². The highest BCUT2D eigenvalue weighted by molar-refractivity contribution is 7.99. The third-order valence-electron chi connectivity index (χ3n) is 8.53. The summed E-state index contributed by atoms with van der Waals surface area (Å²) in [5.74, 6) is 2.66. The number of piperazine rings is 1. The van der Waals surface area contributed by atoms with Gasteiger partial charge in [0.2, 0.25) is 11.8 Å². The lowest BCUT2D eigenvalue weighted by atomic mass is 10.1. The number of carbonyl (C=O) groups excluding carboxylic acids is 2. The first kappa shape index (κ1) is 29.2. The van der Waals surface area contributed by atoms with Crippen molar-refractivity contribution in [3.05, 3.63) is 108 Å². The van der Waals surface area contributed by atoms with Crippen molar-refractivity contribution in [3.63, 3.8) is 0 Å². The maximum Gasteiger partial charge on any atom is 0.226 e. The van der Waals surface area contributed by atoms with E-state index >= 15 is 0 Å². The van der Waals surface area contributed by atoms with Gasteiger partial charge in [-0.25, -0.2) is 0 Å². The van der Waals surface area contributed by atoms with Crippen LogP contribution < -0.4 is 0 Å². The van der Waals surface area contributed by atoms with Crippen LogP contribution in [0.3, 0.4) is 0 Å². The van der Waals surface area contributed by atoms with Crippen LogP contribution in [0.4, 0.5) is 0 Å². The van der Waals surface area contributed by atoms with Gasteiger partial charge in [0.15, 0.2) is 5.16 Å². The average molecular weight is 594 g/mol. The van der Waals surface area contributed by atoms with Crippen molar-refractivity contribution in [1.29, 1.82) is 0 Å². The molecule has 0 radical (unpaired) electrons. The van der Waals surface area contributed by atoms with Gasteiger partial charge in [-0.3, -0.25) is 14.2 Å². The molecule has 3 atom stereocenters. The minimum absolute atomic E-state index is 0.0483. The second-order valence-electron chi connectivity index (χ2n) is 11.6. The molecule has 4 aromatic rings. The van der Waals surface area contributed by atoms with Crippen molar-refractivity contribution in [2.45, 2.75) is 56.1 Å². The molecule has 6 rings (SSSR count). The summed E-state index contributed by atoms with van der Waals surface area (Å²) in [5.41, 5.74) is 3.51. The molecule has 222 valence electrons. The molecule has 2 fully saturated rings. The lowest BCUT2D eigenvalue weighted by Crippen LogP contribution is -2.55. The predicted molar refractivity (Wildman–Crippen MR) is 170 cm³/mol. The van der Waals surface area contributed by atoms with Gasteiger partial charge in [-0.2, -0.15) is 0 Å². The highest BCUT2D eigenvalue weighted by Gasteiger charge is 2.47. The van der Waals surface area contributed by atoms with E-state index in [4.69, 9.17) is 0 Å². The van der Waals surface area contributed by atoms with Crippen LogP contribution in [0.15, 0.2) is 96.2 Å². The zero-order valence-electron chi connectivity index (χ0n) is 24.7. The number of hydrogen-bond donors (Lipinski definition) is 0. The molecule has 1 aliphatic heterocycles. The fourth-order valence-electron chi connectivity index (χ4n) is 6.08. The second kappa shape index (κ2) is 13.6. The van der Waals surface area contributed by atoms with E-state index in [-0.39, 0.29) is 23.8 Å². The number of carbonyl (C=O) groups is 2. The lowest BCUT2D eigenvalue weighted by Gasteiger charge is -2.40. The summed E-state index contributed by atoms with van der Waals surface area (Å²) in [6, 6.07) is 31.0. The number of aromatic nitrogens is 3. The van der Waals surface area contributed by atoms with Gasteiger partial charge in [0, 0.05) is 55.9 Å². The molecule has 0 N–H and O–H groups in total. The van der Waals surface area contributed by atoms with E-state index in [9.17, 15) is 9.59 Å². The van der Waals surface area contributed by atoms with Crippen LogP contribution in [0.2, 0.25) is 0 Å². The predicted octanol–water partition coefficient (Wildman–Crippen LogP) is 5.98. The summed E-state index contributed by atoms with van der Waals surface area (Å²) in [5, 5.41) is 9.95. The maximum absolute atomic E-state index is 13.2. The lowest BCUT2D eigenvalue weighted by molar-refractivity contribution is -0.143. The number of nitrogens with zero attached hydrogens (tertiary/aromatic N) is 5. The number of thioether (sulfide) groups is 1. The quantitative estimate of drug-likeness (QED) is 0.158. The molecule has 3 aromatic carbocycles. The van der Waals surface area contributed by atoms with Crippen molar-refractivity contribution in [2.24, 2.45) is 5.92 Å². The van der Waals surface area contributed by atoms with E-state index in [1.165, 1.54) is 11.1 Å². The normalized spacial score (nSPS) is 19.8. The van der Waals surface area contributed by atoms with E-state index < -0.39 is 0 Å². The topological polar surface area (TPSA) is 71.3 Å². The number of hydrogen-bond acceptors (Lipinski definition) is 5. The van der Waals surface area contributed by atoms with Crippen LogP contribution in [0.5, 0.6) is 0 Å². The molecular formula is C35H39N5O2S. The Morgan fingerprint density at radius 2 is 1.56 bits per heavy atom. The first-order valence-electron chi connectivity index (χ1n) is 15.4. The van der Waals surface area contributed by atoms with Gasteiger partial charge in [0.05, 0.1) is 0 Å². The Morgan fingerprint density at radius 1 is 0.860 bits per heavy atom. The summed E-state index contributed by atoms with van der Waals surface area (Å²) >= 11 is 1.69. The van der Waals surface area contributed by atoms with Crippen LogP contribution >= 0.6 is 11.8 Å². The van der Waals surface area contributed by atoms with Crippen molar-refractivity contribution in [1.82, 2.24) is 24.6 Å². The molecule has 2 aliphatic rings. The Kier molecular flexibility index (Phi) is 9.22. The second-order valence-corrected chi connectivity index (χ2v) is 12.7. The zero-order chi connectivity index (χ0) is 29.6. The van der Waals surface area contributed by atoms with Gasteiger partial charge in [-0.05, 0) is 55.4 Å². The molecule has 0 spiro atoms. The summed E-state index contributed by atoms with van der Waals surface area (Å²) in [6.45, 7) is 3.94. The Morgan fingerprint density at radius 3 is 2.28 bits per heavy atom. The van der Waals surface area contributed by atoms with Gasteiger partial charge in [0.25, 0.3) is 0 Å². The van der Waals surface area contributed by atoms with Crippen LogP contribution in [-0.4, -0.2) is 67.8 Å². The van der Waals surface area contributed by atoms with Gasteiger partial charge in [-0.1, -0.05) is 90.6 Å². The molecule has 1 saturated heterocycles. The minimum atomic E-state index is 0.0483. The van der Waals surface area contributed by atoms with Gasteiger partial charge in [0.1, 0.15) is 5.82 Å². The summed E-state index contributed by atoms with van der Waals surface area (Å²) in [4.78, 5) is 30.2. The highest BCUT2D eigenvalue weighted by Crippen LogP contribution is 2.48. The first-order chi connectivity index (χ1) is 21.1. The molecule has 0 bridgehead atoms. The van der Waals surface area contributed by atoms with Crippen LogP contribution in [-0.2, 0) is 16.0 Å². The number of amides is 2. The summed E-state index contributed by atoms with van der Waals surface area (Å²) in [6.07, 6.45) is 3.93. The van der Waals surface area contributed by atoms with E-state index in [1.807, 2.05) is 64.4 Å². The van der Waals surface area contributed by atoms with Crippen molar-refractivity contribution in [2.75, 3.05) is 25.4 Å². The Balaban J connectivity index is 0.962. The third-order valence-corrected chi connectivity index (χ3v) is 9.55. The van der Waals surface area contributed by atoms with Gasteiger partial charge >= 0.3 is 0 Å². The van der Waals surface area contributed by atoms with E-state index in [1.54, 1.807) is 11.8 Å². The summed E-state index contributed by atoms with van der Waals surface area (Å²) in [7, 11) is 0. The Labute approximate surface area is 258 Å². The van der Waals surface area contributed by atoms with Crippen LogP contribution in [0, 0.1) is 5.92 Å². The molecule has 3 unspecified atom stereocenters. The standard InChI is InChI=1S/C35H39N5O2S/c1-26-25-38(20-21-39(26)34(42)31-24-30(31)28-15-7-3-8-16-28)33(41)19-11-12-22-43-35-37-36-32(23-27-13-5-2-6-14-27)40(35)29-17-9-4-10-18-29/h2-10,13-18,26,30-31H,11-12,19-25H2,1H3. The third kappa shape index (κ3) is 7.02. The number of unbranched alkanes of at least 4 members (excludes halogenated alkanes) is 1. The van der Waals surface area contributed by atoms with Crippen LogP contribution in [0.25, 0.3) is 5.69 Å². The van der Waals surface area contributed by atoms with Crippen molar-refractivity contribution in [3.8, 4) is 5.69 Å². The zero-order valence-corrected chi connectivity index (χ0v) is 25.5. The fourth-order valence-corrected chi connectivity index (χ4v) is 7.05. The molecule has 8 heteroatoms. The monoisotopic (exact) mass is 593 g/mol. The van der Waals surface area contributed by atoms with Crippen LogP contribution in [0.1, 0.15) is 55.5 Å². The molecule has 1 saturated carbocycles. The molecule has 7 nitrogen and oxygen atoms in total. The smallest absolute Gasteiger partial charge is 0.226 e. The molecule has 43 heavy (non-hydrogen) atoms. The largest absolute Gasteiger partial charge is 0.339 e. The van der Waals surface area contributed by atoms with Crippen molar-refractivity contribution >= 4 is 23.6 Å². The molecular weight excluding hydrogens is 554 g/mol.